The maximum atomic E-state index is 11.8. The lowest BCUT2D eigenvalue weighted by Gasteiger charge is -2.10. The molecule has 5 nitrogen and oxygen atoms in total. The molecular weight excluding hydrogens is 266 g/mol. The Balaban J connectivity index is 1.69. The molecule has 5 heteroatoms. The predicted octanol–water partition coefficient (Wildman–Crippen LogP) is 2.75. The van der Waals surface area contributed by atoms with Crippen molar-refractivity contribution in [2.24, 2.45) is 11.7 Å². The average Bonchev–Trinajstić information content (AvgIpc) is 3.25. The third-order valence-corrected chi connectivity index (χ3v) is 3.69. The zero-order chi connectivity index (χ0) is 14.8. The van der Waals surface area contributed by atoms with E-state index in [1.165, 1.54) is 12.8 Å². The largest absolute Gasteiger partial charge is 0.440 e. The molecule has 1 aliphatic carbocycles. The lowest BCUT2D eigenvalue weighted by atomic mass is 10.1. The quantitative estimate of drug-likeness (QED) is 0.885. The van der Waals surface area contributed by atoms with Crippen molar-refractivity contribution in [1.82, 2.24) is 4.98 Å². The molecule has 1 aromatic heterocycles. The highest BCUT2D eigenvalue weighted by Crippen LogP contribution is 2.40. The molecule has 1 aromatic carbocycles. The minimum Gasteiger partial charge on any atom is -0.440 e. The molecule has 2 aromatic rings. The summed E-state index contributed by atoms with van der Waals surface area (Å²) in [4.78, 5) is 16.1. The minimum absolute atomic E-state index is 0.0686. The molecule has 1 amide bonds. The van der Waals surface area contributed by atoms with E-state index in [-0.39, 0.29) is 11.8 Å². The van der Waals surface area contributed by atoms with Gasteiger partial charge in [-0.25, -0.2) is 4.98 Å². The van der Waals surface area contributed by atoms with Gasteiger partial charge in [-0.05, 0) is 37.1 Å². The summed E-state index contributed by atoms with van der Waals surface area (Å²) in [5.41, 5.74) is 7.19. The van der Waals surface area contributed by atoms with Crippen LogP contribution in [-0.4, -0.2) is 17.4 Å². The first kappa shape index (κ1) is 13.8. The van der Waals surface area contributed by atoms with Crippen LogP contribution in [-0.2, 0) is 4.79 Å². The number of nitrogens with two attached hydrogens (primary N) is 1. The van der Waals surface area contributed by atoms with Crippen LogP contribution in [0.3, 0.4) is 0 Å². The Bertz CT molecular complexity index is 629. The van der Waals surface area contributed by atoms with Gasteiger partial charge in [0.15, 0.2) is 11.7 Å². The van der Waals surface area contributed by atoms with E-state index < -0.39 is 0 Å². The lowest BCUT2D eigenvalue weighted by molar-refractivity contribution is -0.119. The molecule has 1 atom stereocenters. The Morgan fingerprint density at radius 1 is 1.43 bits per heavy atom. The molecule has 0 spiro atoms. The molecule has 0 bridgehead atoms. The van der Waals surface area contributed by atoms with E-state index in [0.717, 1.165) is 22.9 Å². The number of carbonyl (C=O) groups excluding carboxylic acids is 1. The number of anilines is 1. The van der Waals surface area contributed by atoms with Crippen LogP contribution < -0.4 is 11.1 Å². The van der Waals surface area contributed by atoms with Crippen molar-refractivity contribution < 1.29 is 9.21 Å². The third-order valence-electron chi connectivity index (χ3n) is 3.69. The fourth-order valence-corrected chi connectivity index (χ4v) is 2.03. The molecule has 0 aliphatic heterocycles. The minimum atomic E-state index is -0.194. The average molecular weight is 285 g/mol. The topological polar surface area (TPSA) is 81.2 Å². The molecule has 1 heterocycles. The molecule has 0 radical (unpaired) electrons. The van der Waals surface area contributed by atoms with Crippen molar-refractivity contribution in [2.75, 3.05) is 11.9 Å². The Morgan fingerprint density at radius 3 is 2.76 bits per heavy atom. The van der Waals surface area contributed by atoms with Gasteiger partial charge in [-0.3, -0.25) is 4.79 Å². The smallest absolute Gasteiger partial charge is 0.228 e. The zero-order valence-corrected chi connectivity index (χ0v) is 12.0. The zero-order valence-electron chi connectivity index (χ0n) is 12.0. The summed E-state index contributed by atoms with van der Waals surface area (Å²) in [6.07, 6.45) is 4.10. The van der Waals surface area contributed by atoms with Crippen molar-refractivity contribution in [3.8, 4) is 11.3 Å². The second kappa shape index (κ2) is 5.69. The summed E-state index contributed by atoms with van der Waals surface area (Å²) in [6, 6.07) is 7.55. The Morgan fingerprint density at radius 2 is 2.14 bits per heavy atom. The van der Waals surface area contributed by atoms with Gasteiger partial charge in [0.2, 0.25) is 5.91 Å². The van der Waals surface area contributed by atoms with E-state index in [9.17, 15) is 4.79 Å². The first-order valence-corrected chi connectivity index (χ1v) is 7.24. The number of amides is 1. The van der Waals surface area contributed by atoms with Crippen LogP contribution in [0.2, 0.25) is 0 Å². The lowest BCUT2D eigenvalue weighted by Crippen LogP contribution is -2.26. The number of nitrogens with one attached hydrogen (secondary N) is 1. The second-order valence-corrected chi connectivity index (χ2v) is 5.54. The van der Waals surface area contributed by atoms with Crippen molar-refractivity contribution in [3.05, 3.63) is 36.4 Å². The highest BCUT2D eigenvalue weighted by molar-refractivity contribution is 5.92. The second-order valence-electron chi connectivity index (χ2n) is 5.54. The number of rotatable bonds is 5. The van der Waals surface area contributed by atoms with Crippen molar-refractivity contribution >= 4 is 11.6 Å². The number of aromatic nitrogens is 1. The maximum Gasteiger partial charge on any atom is 0.228 e. The van der Waals surface area contributed by atoms with Gasteiger partial charge in [-0.2, -0.15) is 0 Å². The fraction of sp³-hybridized carbons (Fsp3) is 0.375. The van der Waals surface area contributed by atoms with E-state index in [1.54, 1.807) is 13.1 Å². The molecule has 3 N–H and O–H groups in total. The molecule has 21 heavy (non-hydrogen) atoms. The molecule has 1 aliphatic rings. The summed E-state index contributed by atoms with van der Waals surface area (Å²) in [5.74, 6) is 1.85. The van der Waals surface area contributed by atoms with Gasteiger partial charge in [-0.1, -0.05) is 6.92 Å². The van der Waals surface area contributed by atoms with Crippen molar-refractivity contribution in [2.45, 2.75) is 25.7 Å². The van der Waals surface area contributed by atoms with Gasteiger partial charge in [0.25, 0.3) is 0 Å². The number of oxazole rings is 1. The molecule has 1 fully saturated rings. The number of hydrogen-bond acceptors (Lipinski definition) is 4. The highest BCUT2D eigenvalue weighted by Gasteiger charge is 2.28. The summed E-state index contributed by atoms with van der Waals surface area (Å²) in [7, 11) is 0. The molecule has 1 saturated carbocycles. The van der Waals surface area contributed by atoms with Crippen LogP contribution in [0.4, 0.5) is 5.69 Å². The first-order chi connectivity index (χ1) is 10.2. The number of benzene rings is 1. The van der Waals surface area contributed by atoms with Gasteiger partial charge in [0.05, 0.1) is 6.20 Å². The van der Waals surface area contributed by atoms with Crippen LogP contribution in [0.5, 0.6) is 0 Å². The van der Waals surface area contributed by atoms with E-state index in [4.69, 9.17) is 10.2 Å². The van der Waals surface area contributed by atoms with Gasteiger partial charge in [0.1, 0.15) is 0 Å². The highest BCUT2D eigenvalue weighted by atomic mass is 16.4. The normalized spacial score (nSPS) is 15.7. The summed E-state index contributed by atoms with van der Waals surface area (Å²) in [5, 5.41) is 2.84. The SMILES string of the molecule is CC(CN)C(=O)Nc1ccc(-c2cnc(C3CC3)o2)cc1. The number of nitrogens with zero attached hydrogens (tertiary/aromatic N) is 1. The fourth-order valence-electron chi connectivity index (χ4n) is 2.03. The molecule has 110 valence electrons. The standard InChI is InChI=1S/C16H19N3O2/c1-10(8-17)15(20)19-13-6-4-11(5-7-13)14-9-18-16(21-14)12-2-3-12/h4-7,9-10,12H,2-3,8,17H2,1H3,(H,19,20). The monoisotopic (exact) mass is 285 g/mol. The Hall–Kier alpha value is -2.14. The van der Waals surface area contributed by atoms with Gasteiger partial charge < -0.3 is 15.5 Å². The van der Waals surface area contributed by atoms with E-state index in [1.807, 2.05) is 24.3 Å². The Kier molecular flexibility index (Phi) is 3.75. The van der Waals surface area contributed by atoms with Crippen LogP contribution in [0, 0.1) is 5.92 Å². The Labute approximate surface area is 123 Å². The summed E-state index contributed by atoms with van der Waals surface area (Å²) >= 11 is 0. The van der Waals surface area contributed by atoms with Gasteiger partial charge in [0, 0.05) is 29.6 Å². The molecular formula is C16H19N3O2. The molecule has 1 unspecified atom stereocenters. The number of carbonyl (C=O) groups is 1. The van der Waals surface area contributed by atoms with E-state index in [0.29, 0.717) is 12.5 Å². The summed E-state index contributed by atoms with van der Waals surface area (Å²) in [6.45, 7) is 2.14. The van der Waals surface area contributed by atoms with E-state index in [2.05, 4.69) is 10.3 Å². The number of hydrogen-bond donors (Lipinski definition) is 2. The first-order valence-electron chi connectivity index (χ1n) is 7.24. The third kappa shape index (κ3) is 3.13. The molecule has 3 rings (SSSR count). The maximum absolute atomic E-state index is 11.8. The van der Waals surface area contributed by atoms with Crippen LogP contribution in [0.15, 0.2) is 34.9 Å². The van der Waals surface area contributed by atoms with E-state index >= 15 is 0 Å². The van der Waals surface area contributed by atoms with Crippen molar-refractivity contribution in [1.29, 1.82) is 0 Å². The predicted molar refractivity (Wildman–Crippen MR) is 80.8 cm³/mol. The van der Waals surface area contributed by atoms with Crippen LogP contribution >= 0.6 is 0 Å². The van der Waals surface area contributed by atoms with Crippen LogP contribution in [0.25, 0.3) is 11.3 Å². The van der Waals surface area contributed by atoms with Gasteiger partial charge in [-0.15, -0.1) is 0 Å². The van der Waals surface area contributed by atoms with Crippen molar-refractivity contribution in [3.63, 3.8) is 0 Å². The summed E-state index contributed by atoms with van der Waals surface area (Å²) < 4.78 is 5.76. The van der Waals surface area contributed by atoms with Crippen LogP contribution in [0.1, 0.15) is 31.6 Å². The van der Waals surface area contributed by atoms with Gasteiger partial charge >= 0.3 is 0 Å². The molecule has 0 saturated heterocycles.